The van der Waals surface area contributed by atoms with Crippen molar-refractivity contribution in [2.75, 3.05) is 6.54 Å². The van der Waals surface area contributed by atoms with Crippen molar-refractivity contribution >= 4 is 56.5 Å². The maximum atomic E-state index is 15.0. The van der Waals surface area contributed by atoms with E-state index < -0.39 is 61.9 Å². The minimum atomic E-state index is -4.10. The Labute approximate surface area is 253 Å². The highest BCUT2D eigenvalue weighted by atomic mass is 35.5. The van der Waals surface area contributed by atoms with Crippen molar-refractivity contribution < 1.29 is 32.0 Å². The van der Waals surface area contributed by atoms with Crippen LogP contribution in [-0.4, -0.2) is 66.7 Å². The van der Waals surface area contributed by atoms with Crippen LogP contribution in [0.15, 0.2) is 47.4 Å². The molecule has 0 bridgehead atoms. The lowest BCUT2D eigenvalue weighted by Crippen LogP contribution is -2.54. The first-order valence-corrected chi connectivity index (χ1v) is 16.1. The van der Waals surface area contributed by atoms with Crippen molar-refractivity contribution in [3.63, 3.8) is 0 Å². The number of ketones is 1. The van der Waals surface area contributed by atoms with E-state index >= 15 is 0 Å². The highest BCUT2D eigenvalue weighted by molar-refractivity contribution is 7.92. The van der Waals surface area contributed by atoms with Crippen LogP contribution in [0.1, 0.15) is 51.0 Å². The zero-order valence-corrected chi connectivity index (χ0v) is 25.1. The molecule has 224 valence electrons. The van der Waals surface area contributed by atoms with Gasteiger partial charge in [0.2, 0.25) is 17.6 Å². The molecule has 9 nitrogen and oxygen atoms in total. The number of hydrogen-bond acceptors (Lipinski definition) is 6. The Hall–Kier alpha value is -3.02. The van der Waals surface area contributed by atoms with Crippen molar-refractivity contribution in [1.29, 1.82) is 0 Å². The van der Waals surface area contributed by atoms with E-state index in [1.54, 1.807) is 13.0 Å². The van der Waals surface area contributed by atoms with Gasteiger partial charge in [0.25, 0.3) is 5.91 Å². The molecular formula is C29H30Cl2FN3O6S. The van der Waals surface area contributed by atoms with Crippen LogP contribution in [0.5, 0.6) is 0 Å². The Kier molecular flexibility index (Phi) is 8.39. The minimum absolute atomic E-state index is 0.00324. The topological polar surface area (TPSA) is 130 Å². The monoisotopic (exact) mass is 637 g/mol. The smallest absolute Gasteiger partial charge is 0.289 e. The summed E-state index contributed by atoms with van der Waals surface area (Å²) < 4.78 is 42.3. The van der Waals surface area contributed by atoms with E-state index in [9.17, 15) is 32.0 Å². The number of halogens is 3. The first kappa shape index (κ1) is 30.4. The fourth-order valence-electron chi connectivity index (χ4n) is 5.49. The molecule has 2 aliphatic carbocycles. The van der Waals surface area contributed by atoms with E-state index in [-0.39, 0.29) is 45.9 Å². The predicted octanol–water partition coefficient (Wildman–Crippen LogP) is 3.35. The molecule has 5 rings (SSSR count). The van der Waals surface area contributed by atoms with Crippen molar-refractivity contribution in [3.05, 3.63) is 63.9 Å². The maximum absolute atomic E-state index is 15.0. The fourth-order valence-corrected chi connectivity index (χ4v) is 7.87. The summed E-state index contributed by atoms with van der Waals surface area (Å²) in [5.74, 6) is -3.67. The highest BCUT2D eigenvalue weighted by Crippen LogP contribution is 2.52. The molecule has 1 aliphatic heterocycles. The second kappa shape index (κ2) is 11.6. The van der Waals surface area contributed by atoms with Gasteiger partial charge in [0.1, 0.15) is 11.9 Å². The summed E-state index contributed by atoms with van der Waals surface area (Å²) in [5, 5.41) is 4.13. The zero-order valence-electron chi connectivity index (χ0n) is 22.7. The number of likely N-dealkylation sites (tertiary alicyclic amines) is 1. The maximum Gasteiger partial charge on any atom is 0.289 e. The zero-order chi connectivity index (χ0) is 30.4. The molecule has 0 aromatic heterocycles. The van der Waals surface area contributed by atoms with E-state index in [4.69, 9.17) is 23.2 Å². The Bertz CT molecular complexity index is 1560. The van der Waals surface area contributed by atoms with Crippen LogP contribution >= 0.6 is 23.2 Å². The van der Waals surface area contributed by atoms with Gasteiger partial charge in [-0.25, -0.2) is 12.8 Å². The van der Waals surface area contributed by atoms with Gasteiger partial charge in [-0.15, -0.1) is 0 Å². The second-order valence-corrected chi connectivity index (χ2v) is 14.1. The van der Waals surface area contributed by atoms with Gasteiger partial charge in [0.05, 0.1) is 26.6 Å². The molecule has 2 N–H and O–H groups in total. The third-order valence-corrected chi connectivity index (χ3v) is 11.1. The van der Waals surface area contributed by atoms with E-state index in [1.165, 1.54) is 30.3 Å². The highest BCUT2D eigenvalue weighted by Gasteiger charge is 2.58. The van der Waals surface area contributed by atoms with Crippen LogP contribution in [-0.2, 0) is 34.4 Å². The molecule has 3 amide bonds. The van der Waals surface area contributed by atoms with Gasteiger partial charge in [0, 0.05) is 23.2 Å². The SMILES string of the molecule is CCC(NC(=O)[C@@H]1C[C@@H](S(=O)(=O)c2ccccc2Cl)CN1C(=O)C1(c2ccc(Cl)cc2F)CC1)C(=O)C(=O)NC1CC1. The van der Waals surface area contributed by atoms with Gasteiger partial charge in [-0.2, -0.15) is 0 Å². The first-order chi connectivity index (χ1) is 19.9. The van der Waals surface area contributed by atoms with Crippen LogP contribution in [0.25, 0.3) is 0 Å². The molecule has 0 spiro atoms. The minimum Gasteiger partial charge on any atom is -0.347 e. The Morgan fingerprint density at radius 1 is 1.10 bits per heavy atom. The first-order valence-electron chi connectivity index (χ1n) is 13.8. The quantitative estimate of drug-likeness (QED) is 0.384. The summed E-state index contributed by atoms with van der Waals surface area (Å²) in [6.07, 6.45) is 1.98. The Morgan fingerprint density at radius 2 is 1.79 bits per heavy atom. The number of nitrogens with zero attached hydrogens (tertiary/aromatic N) is 1. The molecule has 13 heteroatoms. The second-order valence-electron chi connectivity index (χ2n) is 11.1. The molecule has 3 atom stereocenters. The van der Waals surface area contributed by atoms with Gasteiger partial charge in [-0.3, -0.25) is 19.2 Å². The lowest BCUT2D eigenvalue weighted by molar-refractivity contribution is -0.143. The number of benzene rings is 2. The standard InChI is InChI=1S/C29H30Cl2FN3O6S/c1-2-22(25(36)27(38)33-17-8-9-17)34-26(37)23-14-18(42(40,41)24-6-4-3-5-20(24)31)15-35(23)28(39)29(11-12-29)19-10-7-16(30)13-21(19)32/h3-7,10,13,17-18,22-23H,2,8-9,11-12,14-15H2,1H3,(H,33,38)(H,34,37)/t18-,22?,23+/m1/s1. The number of nitrogens with one attached hydrogen (secondary N) is 2. The number of Topliss-reactive ketones (excluding diaryl/α,β-unsaturated/α-hetero) is 1. The average molecular weight is 639 g/mol. The van der Waals surface area contributed by atoms with Crippen molar-refractivity contribution in [2.45, 2.75) is 79.1 Å². The molecule has 3 fully saturated rings. The Morgan fingerprint density at radius 3 is 2.38 bits per heavy atom. The summed E-state index contributed by atoms with van der Waals surface area (Å²) in [6, 6.07) is 7.37. The van der Waals surface area contributed by atoms with Gasteiger partial charge in [-0.05, 0) is 62.8 Å². The van der Waals surface area contributed by atoms with E-state index in [0.29, 0.717) is 12.8 Å². The van der Waals surface area contributed by atoms with Crippen molar-refractivity contribution in [3.8, 4) is 0 Å². The van der Waals surface area contributed by atoms with Crippen LogP contribution < -0.4 is 10.6 Å². The molecule has 3 aliphatic rings. The molecule has 1 heterocycles. The number of amides is 3. The van der Waals surface area contributed by atoms with Crippen LogP contribution in [0, 0.1) is 5.82 Å². The lowest BCUT2D eigenvalue weighted by atomic mass is 9.93. The third-order valence-electron chi connectivity index (χ3n) is 8.19. The molecule has 2 saturated carbocycles. The molecular weight excluding hydrogens is 608 g/mol. The number of hydrogen-bond donors (Lipinski definition) is 2. The number of sulfone groups is 1. The molecule has 0 radical (unpaired) electrons. The van der Waals surface area contributed by atoms with Crippen molar-refractivity contribution in [1.82, 2.24) is 15.5 Å². The third kappa shape index (κ3) is 5.78. The van der Waals surface area contributed by atoms with Crippen LogP contribution in [0.2, 0.25) is 10.0 Å². The summed E-state index contributed by atoms with van der Waals surface area (Å²) in [7, 11) is -4.10. The van der Waals surface area contributed by atoms with E-state index in [2.05, 4.69) is 10.6 Å². The van der Waals surface area contributed by atoms with Crippen molar-refractivity contribution in [2.24, 2.45) is 0 Å². The summed E-state index contributed by atoms with van der Waals surface area (Å²) >= 11 is 12.1. The largest absolute Gasteiger partial charge is 0.347 e. The fraction of sp³-hybridized carbons (Fsp3) is 0.448. The molecule has 2 aromatic carbocycles. The van der Waals surface area contributed by atoms with Gasteiger partial charge >= 0.3 is 0 Å². The normalized spacial score (nSPS) is 21.9. The van der Waals surface area contributed by atoms with Crippen LogP contribution in [0.3, 0.4) is 0 Å². The molecule has 2 aromatic rings. The van der Waals surface area contributed by atoms with Gasteiger partial charge in [0.15, 0.2) is 9.84 Å². The number of carbonyl (C=O) groups excluding carboxylic acids is 4. The summed E-state index contributed by atoms with van der Waals surface area (Å²) in [4.78, 5) is 54.0. The Balaban J connectivity index is 1.45. The lowest BCUT2D eigenvalue weighted by Gasteiger charge is -2.29. The van der Waals surface area contributed by atoms with Gasteiger partial charge in [-0.1, -0.05) is 48.3 Å². The van der Waals surface area contributed by atoms with E-state index in [1.807, 2.05) is 0 Å². The molecule has 1 saturated heterocycles. The summed E-state index contributed by atoms with van der Waals surface area (Å²) in [5.41, 5.74) is -1.16. The molecule has 42 heavy (non-hydrogen) atoms. The molecule has 1 unspecified atom stereocenters. The average Bonchev–Trinajstić information content (AvgIpc) is 3.88. The van der Waals surface area contributed by atoms with Gasteiger partial charge < -0.3 is 15.5 Å². The number of rotatable bonds is 10. The summed E-state index contributed by atoms with van der Waals surface area (Å²) in [6.45, 7) is 1.28. The van der Waals surface area contributed by atoms with Crippen LogP contribution in [0.4, 0.5) is 4.39 Å². The van der Waals surface area contributed by atoms with E-state index in [0.717, 1.165) is 23.8 Å². The number of carbonyl (C=O) groups is 4. The predicted molar refractivity (Wildman–Crippen MR) is 153 cm³/mol.